The second-order valence-corrected chi connectivity index (χ2v) is 6.70. The Balaban J connectivity index is 0.00000338. The van der Waals surface area contributed by atoms with E-state index in [1.54, 1.807) is 11.3 Å². The van der Waals surface area contributed by atoms with Crippen molar-refractivity contribution in [2.75, 3.05) is 25.1 Å². The molecule has 2 rings (SSSR count). The van der Waals surface area contributed by atoms with E-state index < -0.39 is 0 Å². The number of aryl methyl sites for hydroxylation is 2. The Morgan fingerprint density at radius 2 is 1.96 bits per heavy atom. The number of aromatic nitrogens is 1. The summed E-state index contributed by atoms with van der Waals surface area (Å²) in [4.78, 5) is 10.1. The molecule has 6 nitrogen and oxygen atoms in total. The Hall–Kier alpha value is -1.55. The molecule has 8 heteroatoms. The number of thiazole rings is 1. The molecule has 0 amide bonds. The quantitative estimate of drug-likeness (QED) is 0.330. The van der Waals surface area contributed by atoms with Gasteiger partial charge >= 0.3 is 0 Å². The van der Waals surface area contributed by atoms with E-state index in [1.165, 1.54) is 4.88 Å². The molecule has 0 aliphatic rings. The molecule has 0 atom stereocenters. The fourth-order valence-electron chi connectivity index (χ4n) is 2.24. The van der Waals surface area contributed by atoms with Gasteiger partial charge in [0.2, 0.25) is 0 Å². The number of nitrogens with two attached hydrogens (primary N) is 1. The molecule has 2 aromatic rings. The molecule has 1 aromatic carbocycles. The van der Waals surface area contributed by atoms with Crippen LogP contribution in [0.4, 0.5) is 5.69 Å². The van der Waals surface area contributed by atoms with Crippen LogP contribution in [0.1, 0.15) is 29.4 Å². The summed E-state index contributed by atoms with van der Waals surface area (Å²) in [5.74, 6) is 1.82. The van der Waals surface area contributed by atoms with E-state index in [0.29, 0.717) is 25.7 Å². The predicted molar refractivity (Wildman–Crippen MR) is 120 cm³/mol. The number of anilines is 1. The number of rotatable bonds is 8. The standard InChI is InChI=1S/C18H26N4O2S.HI/c1-5-23-14-7-8-16(24-6-2)15(11-14)22-18(19)20-10-9-17-21-12(3)13(4)25-17;/h7-8,11H,5-6,9-10H2,1-4H3,(H3,19,20,22);1H. The summed E-state index contributed by atoms with van der Waals surface area (Å²) < 4.78 is 11.2. The van der Waals surface area contributed by atoms with Gasteiger partial charge in [0.15, 0.2) is 5.96 Å². The van der Waals surface area contributed by atoms with E-state index in [9.17, 15) is 0 Å². The van der Waals surface area contributed by atoms with Crippen molar-refractivity contribution in [3.63, 3.8) is 0 Å². The van der Waals surface area contributed by atoms with Crippen molar-refractivity contribution in [3.05, 3.63) is 33.8 Å². The highest BCUT2D eigenvalue weighted by atomic mass is 127. The molecule has 1 aromatic heterocycles. The fraction of sp³-hybridized carbons (Fsp3) is 0.444. The third kappa shape index (κ3) is 6.64. The predicted octanol–water partition coefficient (Wildman–Crippen LogP) is 4.14. The number of hydrogen-bond donors (Lipinski definition) is 2. The highest BCUT2D eigenvalue weighted by Gasteiger charge is 2.07. The first kappa shape index (κ1) is 22.5. The number of aliphatic imine (C=N–C) groups is 1. The zero-order chi connectivity index (χ0) is 18.2. The van der Waals surface area contributed by atoms with E-state index in [0.717, 1.165) is 34.3 Å². The van der Waals surface area contributed by atoms with Crippen LogP contribution < -0.4 is 20.5 Å². The van der Waals surface area contributed by atoms with Gasteiger partial charge in [0, 0.05) is 23.9 Å². The van der Waals surface area contributed by atoms with Crippen LogP contribution in [-0.4, -0.2) is 30.7 Å². The van der Waals surface area contributed by atoms with Crippen molar-refractivity contribution in [2.24, 2.45) is 10.7 Å². The summed E-state index contributed by atoms with van der Waals surface area (Å²) in [7, 11) is 0. The number of benzene rings is 1. The largest absolute Gasteiger partial charge is 0.494 e. The van der Waals surface area contributed by atoms with Crippen molar-refractivity contribution in [2.45, 2.75) is 34.1 Å². The number of hydrogen-bond acceptors (Lipinski definition) is 5. The highest BCUT2D eigenvalue weighted by Crippen LogP contribution is 2.29. The lowest BCUT2D eigenvalue weighted by atomic mass is 10.2. The summed E-state index contributed by atoms with van der Waals surface area (Å²) in [6.07, 6.45) is 0.777. The van der Waals surface area contributed by atoms with Gasteiger partial charge in [0.25, 0.3) is 0 Å². The summed E-state index contributed by atoms with van der Waals surface area (Å²) in [6, 6.07) is 5.61. The normalized spacial score (nSPS) is 11.0. The van der Waals surface area contributed by atoms with Crippen LogP contribution in [0.15, 0.2) is 23.2 Å². The molecule has 0 saturated heterocycles. The number of nitrogens with one attached hydrogen (secondary N) is 1. The molecular formula is C18H27IN4O2S. The van der Waals surface area contributed by atoms with E-state index in [4.69, 9.17) is 15.2 Å². The van der Waals surface area contributed by atoms with E-state index >= 15 is 0 Å². The van der Waals surface area contributed by atoms with Gasteiger partial charge in [0.05, 0.1) is 29.6 Å². The Morgan fingerprint density at radius 3 is 2.58 bits per heavy atom. The molecule has 26 heavy (non-hydrogen) atoms. The Bertz CT molecular complexity index is 714. The zero-order valence-electron chi connectivity index (χ0n) is 15.7. The Kier molecular flexibility index (Phi) is 9.71. The molecule has 0 aliphatic carbocycles. The minimum atomic E-state index is 0. The van der Waals surface area contributed by atoms with Crippen LogP contribution in [0, 0.1) is 13.8 Å². The van der Waals surface area contributed by atoms with Gasteiger partial charge < -0.3 is 20.5 Å². The van der Waals surface area contributed by atoms with Crippen LogP contribution in [0.25, 0.3) is 0 Å². The van der Waals surface area contributed by atoms with Crippen molar-refractivity contribution < 1.29 is 9.47 Å². The molecule has 0 saturated carbocycles. The van der Waals surface area contributed by atoms with Gasteiger partial charge in [-0.3, -0.25) is 4.99 Å². The third-order valence-electron chi connectivity index (χ3n) is 3.51. The lowest BCUT2D eigenvalue weighted by Crippen LogP contribution is -2.23. The van der Waals surface area contributed by atoms with Gasteiger partial charge in [-0.15, -0.1) is 35.3 Å². The first-order chi connectivity index (χ1) is 12.0. The second kappa shape index (κ2) is 11.2. The van der Waals surface area contributed by atoms with Crippen LogP contribution in [0.5, 0.6) is 11.5 Å². The minimum absolute atomic E-state index is 0. The number of guanidine groups is 1. The molecule has 0 spiro atoms. The number of nitrogens with zero attached hydrogens (tertiary/aromatic N) is 2. The molecule has 0 bridgehead atoms. The molecule has 0 aliphatic heterocycles. The van der Waals surface area contributed by atoms with Gasteiger partial charge in [0.1, 0.15) is 11.5 Å². The van der Waals surface area contributed by atoms with Crippen molar-refractivity contribution in [1.29, 1.82) is 0 Å². The van der Waals surface area contributed by atoms with Crippen LogP contribution in [0.3, 0.4) is 0 Å². The first-order valence-electron chi connectivity index (χ1n) is 8.43. The van der Waals surface area contributed by atoms with Gasteiger partial charge in [-0.25, -0.2) is 4.98 Å². The monoisotopic (exact) mass is 490 g/mol. The van der Waals surface area contributed by atoms with Crippen LogP contribution in [-0.2, 0) is 6.42 Å². The fourth-order valence-corrected chi connectivity index (χ4v) is 3.16. The number of ether oxygens (including phenoxy) is 2. The smallest absolute Gasteiger partial charge is 0.193 e. The van der Waals surface area contributed by atoms with Gasteiger partial charge in [-0.05, 0) is 39.8 Å². The van der Waals surface area contributed by atoms with Crippen molar-refractivity contribution >= 4 is 47.0 Å². The lowest BCUT2D eigenvalue weighted by molar-refractivity contribution is 0.332. The lowest BCUT2D eigenvalue weighted by Gasteiger charge is -2.13. The molecule has 0 unspecified atom stereocenters. The van der Waals surface area contributed by atoms with Gasteiger partial charge in [-0.1, -0.05) is 0 Å². The molecule has 0 radical (unpaired) electrons. The van der Waals surface area contributed by atoms with Crippen molar-refractivity contribution in [1.82, 2.24) is 4.98 Å². The third-order valence-corrected chi connectivity index (χ3v) is 4.64. The van der Waals surface area contributed by atoms with Crippen LogP contribution in [0.2, 0.25) is 0 Å². The van der Waals surface area contributed by atoms with E-state index in [2.05, 4.69) is 22.2 Å². The van der Waals surface area contributed by atoms with Gasteiger partial charge in [-0.2, -0.15) is 0 Å². The number of halogens is 1. The van der Waals surface area contributed by atoms with Crippen LogP contribution >= 0.6 is 35.3 Å². The van der Waals surface area contributed by atoms with E-state index in [1.807, 2.05) is 39.0 Å². The average molecular weight is 490 g/mol. The minimum Gasteiger partial charge on any atom is -0.494 e. The summed E-state index contributed by atoms with van der Waals surface area (Å²) in [5.41, 5.74) is 7.85. The maximum atomic E-state index is 6.02. The maximum absolute atomic E-state index is 6.02. The Morgan fingerprint density at radius 1 is 1.23 bits per heavy atom. The molecule has 3 N–H and O–H groups in total. The van der Waals surface area contributed by atoms with Crippen molar-refractivity contribution in [3.8, 4) is 11.5 Å². The molecule has 1 heterocycles. The average Bonchev–Trinajstić information content (AvgIpc) is 2.88. The summed E-state index contributed by atoms with van der Waals surface area (Å²) in [5, 5.41) is 4.19. The SMILES string of the molecule is CCOc1ccc(OCC)c(NC(N)=NCCc2nc(C)c(C)s2)c1.I. The maximum Gasteiger partial charge on any atom is 0.193 e. The molecule has 144 valence electrons. The Labute approximate surface area is 176 Å². The zero-order valence-corrected chi connectivity index (χ0v) is 18.8. The van der Waals surface area contributed by atoms with E-state index in [-0.39, 0.29) is 24.0 Å². The molecule has 0 fully saturated rings. The first-order valence-corrected chi connectivity index (χ1v) is 9.24. The molecular weight excluding hydrogens is 463 g/mol. The second-order valence-electron chi connectivity index (χ2n) is 5.42. The topological polar surface area (TPSA) is 81.8 Å². The summed E-state index contributed by atoms with van der Waals surface area (Å²) in [6.45, 7) is 9.75. The summed E-state index contributed by atoms with van der Waals surface area (Å²) >= 11 is 1.71. The highest BCUT2D eigenvalue weighted by molar-refractivity contribution is 14.0.